The molecule has 0 atom stereocenters. The zero-order valence-corrected chi connectivity index (χ0v) is 11.0. The Kier molecular flexibility index (Phi) is 3.23. The second-order valence-electron chi connectivity index (χ2n) is 4.35. The molecule has 0 bridgehead atoms. The Hall–Kier alpha value is -1.84. The fourth-order valence-electron chi connectivity index (χ4n) is 2.13. The number of para-hydroxylation sites is 1. The molecule has 4 heteroatoms. The molecule has 0 aliphatic heterocycles. The minimum Gasteiger partial charge on any atom is -0.439 e. The van der Waals surface area contributed by atoms with E-state index < -0.39 is 0 Å². The molecule has 2 N–H and O–H groups in total. The van der Waals surface area contributed by atoms with Gasteiger partial charge in [0.1, 0.15) is 5.52 Å². The van der Waals surface area contributed by atoms with Crippen molar-refractivity contribution < 1.29 is 4.42 Å². The van der Waals surface area contributed by atoms with Crippen LogP contribution in [0.15, 0.2) is 46.9 Å². The van der Waals surface area contributed by atoms with E-state index in [1.54, 1.807) is 6.07 Å². The van der Waals surface area contributed by atoms with Crippen molar-refractivity contribution in [1.82, 2.24) is 4.98 Å². The summed E-state index contributed by atoms with van der Waals surface area (Å²) >= 11 is 6.08. The number of hydrogen-bond acceptors (Lipinski definition) is 3. The first-order chi connectivity index (χ1) is 9.28. The largest absolute Gasteiger partial charge is 0.439 e. The predicted octanol–water partition coefficient (Wildman–Crippen LogP) is 3.53. The van der Waals surface area contributed by atoms with Crippen molar-refractivity contribution in [1.29, 1.82) is 0 Å². The van der Waals surface area contributed by atoms with Gasteiger partial charge in [-0.3, -0.25) is 0 Å². The molecule has 0 spiro atoms. The number of hydrogen-bond donors (Lipinski definition) is 1. The standard InChI is InChI=1S/C15H13ClN2O/c16-12-6-3-7-13-15(12)19-14(18-13)8-10-4-1-2-5-11(10)9-17/h1-7H,8-9,17H2. The Labute approximate surface area is 116 Å². The molecule has 0 aliphatic rings. The van der Waals surface area contributed by atoms with Crippen LogP contribution in [-0.2, 0) is 13.0 Å². The highest BCUT2D eigenvalue weighted by molar-refractivity contribution is 6.34. The average Bonchev–Trinajstić information content (AvgIpc) is 2.83. The van der Waals surface area contributed by atoms with Gasteiger partial charge in [0.2, 0.25) is 0 Å². The summed E-state index contributed by atoms with van der Waals surface area (Å²) in [6.45, 7) is 0.511. The summed E-state index contributed by atoms with van der Waals surface area (Å²) in [4.78, 5) is 4.45. The van der Waals surface area contributed by atoms with Gasteiger partial charge in [-0.1, -0.05) is 41.9 Å². The van der Waals surface area contributed by atoms with E-state index in [1.807, 2.05) is 36.4 Å². The normalized spacial score (nSPS) is 11.1. The number of aromatic nitrogens is 1. The monoisotopic (exact) mass is 272 g/mol. The molecule has 2 aromatic carbocycles. The van der Waals surface area contributed by atoms with Crippen LogP contribution < -0.4 is 5.73 Å². The third-order valence-electron chi connectivity index (χ3n) is 3.09. The molecular formula is C15H13ClN2O. The van der Waals surface area contributed by atoms with E-state index in [-0.39, 0.29) is 0 Å². The van der Waals surface area contributed by atoms with Crippen molar-refractivity contribution in [2.75, 3.05) is 0 Å². The van der Waals surface area contributed by atoms with E-state index in [2.05, 4.69) is 4.98 Å². The molecule has 0 fully saturated rings. The highest BCUT2D eigenvalue weighted by Gasteiger charge is 2.10. The molecule has 0 saturated heterocycles. The maximum atomic E-state index is 6.08. The van der Waals surface area contributed by atoms with Crippen LogP contribution in [0.25, 0.3) is 11.1 Å². The van der Waals surface area contributed by atoms with Crippen molar-refractivity contribution in [2.45, 2.75) is 13.0 Å². The van der Waals surface area contributed by atoms with Crippen molar-refractivity contribution in [3.05, 3.63) is 64.5 Å². The van der Waals surface area contributed by atoms with Crippen molar-refractivity contribution >= 4 is 22.7 Å². The van der Waals surface area contributed by atoms with Gasteiger partial charge >= 0.3 is 0 Å². The molecule has 1 aromatic heterocycles. The first-order valence-electron chi connectivity index (χ1n) is 6.08. The number of benzene rings is 2. The van der Waals surface area contributed by atoms with Gasteiger partial charge in [0.25, 0.3) is 0 Å². The lowest BCUT2D eigenvalue weighted by Gasteiger charge is -2.04. The molecule has 0 unspecified atom stereocenters. The fourth-order valence-corrected chi connectivity index (χ4v) is 2.34. The third kappa shape index (κ3) is 2.35. The zero-order chi connectivity index (χ0) is 13.2. The summed E-state index contributed by atoms with van der Waals surface area (Å²) in [7, 11) is 0. The Bertz CT molecular complexity index is 721. The van der Waals surface area contributed by atoms with Gasteiger partial charge in [-0.05, 0) is 23.3 Å². The van der Waals surface area contributed by atoms with Crippen LogP contribution in [0, 0.1) is 0 Å². The van der Waals surface area contributed by atoms with Gasteiger partial charge in [0.05, 0.1) is 5.02 Å². The van der Waals surface area contributed by atoms with Crippen LogP contribution in [0.1, 0.15) is 17.0 Å². The Morgan fingerprint density at radius 3 is 2.58 bits per heavy atom. The van der Waals surface area contributed by atoms with Gasteiger partial charge in [0, 0.05) is 13.0 Å². The topological polar surface area (TPSA) is 52.0 Å². The van der Waals surface area contributed by atoms with E-state index in [1.165, 1.54) is 0 Å². The molecule has 0 amide bonds. The Morgan fingerprint density at radius 2 is 1.84 bits per heavy atom. The lowest BCUT2D eigenvalue weighted by atomic mass is 10.0. The maximum Gasteiger partial charge on any atom is 0.199 e. The van der Waals surface area contributed by atoms with E-state index in [9.17, 15) is 0 Å². The van der Waals surface area contributed by atoms with Gasteiger partial charge in [-0.15, -0.1) is 0 Å². The van der Waals surface area contributed by atoms with Gasteiger partial charge in [-0.2, -0.15) is 0 Å². The fraction of sp³-hybridized carbons (Fsp3) is 0.133. The molecule has 3 aromatic rings. The number of fused-ring (bicyclic) bond motifs is 1. The lowest BCUT2D eigenvalue weighted by Crippen LogP contribution is -2.01. The quantitative estimate of drug-likeness (QED) is 0.793. The smallest absolute Gasteiger partial charge is 0.199 e. The van der Waals surface area contributed by atoms with Crippen molar-refractivity contribution in [2.24, 2.45) is 5.73 Å². The molecule has 3 nitrogen and oxygen atoms in total. The van der Waals surface area contributed by atoms with Crippen LogP contribution >= 0.6 is 11.6 Å². The minimum absolute atomic E-state index is 0.511. The van der Waals surface area contributed by atoms with Crippen LogP contribution in [0.5, 0.6) is 0 Å². The minimum atomic E-state index is 0.511. The molecular weight excluding hydrogens is 260 g/mol. The molecule has 3 rings (SSSR count). The van der Waals surface area contributed by atoms with Crippen LogP contribution in [0.3, 0.4) is 0 Å². The molecule has 1 heterocycles. The van der Waals surface area contributed by atoms with Gasteiger partial charge in [-0.25, -0.2) is 4.98 Å². The van der Waals surface area contributed by atoms with E-state index in [0.29, 0.717) is 29.5 Å². The van der Waals surface area contributed by atoms with Gasteiger partial charge in [0.15, 0.2) is 11.5 Å². The molecule has 0 saturated carbocycles. The lowest BCUT2D eigenvalue weighted by molar-refractivity contribution is 0.543. The van der Waals surface area contributed by atoms with Crippen molar-refractivity contribution in [3.63, 3.8) is 0 Å². The predicted molar refractivity (Wildman–Crippen MR) is 76.2 cm³/mol. The van der Waals surface area contributed by atoms with Crippen molar-refractivity contribution in [3.8, 4) is 0 Å². The van der Waals surface area contributed by atoms with Gasteiger partial charge < -0.3 is 10.2 Å². The number of oxazole rings is 1. The summed E-state index contributed by atoms with van der Waals surface area (Å²) in [6, 6.07) is 13.6. The summed E-state index contributed by atoms with van der Waals surface area (Å²) in [5, 5.41) is 0.586. The van der Waals surface area contributed by atoms with E-state index >= 15 is 0 Å². The number of rotatable bonds is 3. The summed E-state index contributed by atoms with van der Waals surface area (Å²) in [5.74, 6) is 0.656. The molecule has 0 radical (unpaired) electrons. The second kappa shape index (κ2) is 5.03. The van der Waals surface area contributed by atoms with Crippen LogP contribution in [0.4, 0.5) is 0 Å². The SMILES string of the molecule is NCc1ccccc1Cc1nc2cccc(Cl)c2o1. The van der Waals surface area contributed by atoms with Crippen LogP contribution in [0.2, 0.25) is 5.02 Å². The number of halogens is 1. The van der Waals surface area contributed by atoms with E-state index in [4.69, 9.17) is 21.8 Å². The van der Waals surface area contributed by atoms with E-state index in [0.717, 1.165) is 16.6 Å². The Morgan fingerprint density at radius 1 is 1.05 bits per heavy atom. The van der Waals surface area contributed by atoms with Crippen LogP contribution in [-0.4, -0.2) is 4.98 Å². The molecule has 96 valence electrons. The number of nitrogens with zero attached hydrogens (tertiary/aromatic N) is 1. The number of nitrogens with two attached hydrogens (primary N) is 1. The highest BCUT2D eigenvalue weighted by atomic mass is 35.5. The summed E-state index contributed by atoms with van der Waals surface area (Å²) in [6.07, 6.45) is 0.623. The first-order valence-corrected chi connectivity index (χ1v) is 6.46. The Balaban J connectivity index is 1.99. The highest BCUT2D eigenvalue weighted by Crippen LogP contribution is 2.25. The zero-order valence-electron chi connectivity index (χ0n) is 10.3. The summed E-state index contributed by atoms with van der Waals surface area (Å²) < 4.78 is 5.72. The third-order valence-corrected chi connectivity index (χ3v) is 3.39. The first kappa shape index (κ1) is 12.2. The average molecular weight is 273 g/mol. The molecule has 19 heavy (non-hydrogen) atoms. The maximum absolute atomic E-state index is 6.08. The second-order valence-corrected chi connectivity index (χ2v) is 4.75. The molecule has 0 aliphatic carbocycles. The summed E-state index contributed by atoms with van der Waals surface area (Å²) in [5.41, 5.74) is 9.40.